The molecule has 75 heavy (non-hydrogen) atoms. The average molecular weight is 1150 g/mol. The van der Waals surface area contributed by atoms with Gasteiger partial charge in [0, 0.05) is 27.6 Å². The molecule has 8 aromatic rings. The Morgan fingerprint density at radius 3 is 1.93 bits per heavy atom. The summed E-state index contributed by atoms with van der Waals surface area (Å²) in [6.45, 7) is 1.25. The molecule has 0 amide bonds. The Labute approximate surface area is 425 Å². The van der Waals surface area contributed by atoms with Gasteiger partial charge in [0.15, 0.2) is 11.4 Å². The van der Waals surface area contributed by atoms with Gasteiger partial charge < -0.3 is 14.9 Å². The lowest BCUT2D eigenvalue weighted by Gasteiger charge is -2.12. The number of H-pyrrole nitrogens is 1. The van der Waals surface area contributed by atoms with E-state index in [1.165, 1.54) is 23.5 Å². The molecule has 0 saturated heterocycles. The third-order valence-corrected chi connectivity index (χ3v) is 15.9. The Hall–Kier alpha value is -7.35. The first-order valence-corrected chi connectivity index (χ1v) is 28.8. The van der Waals surface area contributed by atoms with Crippen LogP contribution in [0.5, 0.6) is 11.5 Å². The molecule has 0 fully saturated rings. The summed E-state index contributed by atoms with van der Waals surface area (Å²) in [5.74, 6) is -1.28. The maximum Gasteiger partial charge on any atom is 0.298 e. The lowest BCUT2D eigenvalue weighted by molar-refractivity contribution is 0.282. The number of aromatic nitrogens is 3. The van der Waals surface area contributed by atoms with Crippen LogP contribution in [0.4, 0.5) is 33.6 Å². The second kappa shape index (κ2) is 20.1. The lowest BCUT2D eigenvalue weighted by Crippen LogP contribution is -2.15. The Morgan fingerprint density at radius 2 is 1.27 bits per heavy atom. The zero-order valence-corrected chi connectivity index (χ0v) is 42.4. The van der Waals surface area contributed by atoms with E-state index in [9.17, 15) is 79.9 Å². The van der Waals surface area contributed by atoms with Gasteiger partial charge in [-0.15, -0.1) is 30.7 Å². The molecule has 0 aliphatic rings. The number of phenols is 1. The molecule has 392 valence electrons. The normalized spacial score (nSPS) is 13.2. The second-order valence-corrected chi connectivity index (χ2v) is 23.9. The molecule has 0 saturated carbocycles. The van der Waals surface area contributed by atoms with E-state index >= 15 is 0 Å². The number of ether oxygens (including phenoxy) is 1. The monoisotopic (exact) mass is 1150 g/mol. The summed E-state index contributed by atoms with van der Waals surface area (Å²) in [6, 6.07) is 14.6. The van der Waals surface area contributed by atoms with Crippen LogP contribution in [0.3, 0.4) is 0 Å². The summed E-state index contributed by atoms with van der Waals surface area (Å²) in [4.78, 5) is 13.5. The standard InChI is InChI=1S/C41H33N9O19S6/c1-20-11-32(34(69-9-2-10-71(54,55)56)17-31(20)46-49-41-43-28-6-3-21(19-51)12-35(28)70-41)47-44-29-7-5-25-24(38(29)52)4-8-30(39(25)75(66,67)68)45-48-33-18-42-50(40(33)53)22-13-26-27(36(14-22)73(60,61)62)15-23(72(57,58)59)16-37(26)74(63,64)65/h3-8,11-18,42,51-52H,2,9-10,19H2,1H3,(H,54,55,56)(H,57,58,59)(H,60,61,62)(H,63,64,65)(H,66,67,68). The molecule has 8 rings (SSSR count). The number of hydrogen-bond donors (Lipinski definition) is 8. The number of aliphatic hydroxyl groups is 1. The van der Waals surface area contributed by atoms with Gasteiger partial charge in [0.1, 0.15) is 37.5 Å². The molecular formula is C41H33N9O19S6. The Balaban J connectivity index is 1.13. The summed E-state index contributed by atoms with van der Waals surface area (Å²) >= 11 is 1.22. The summed E-state index contributed by atoms with van der Waals surface area (Å²) in [7, 11) is -25.6. The van der Waals surface area contributed by atoms with E-state index in [2.05, 4.69) is 40.8 Å². The Kier molecular flexibility index (Phi) is 14.4. The third kappa shape index (κ3) is 11.8. The number of azo groups is 3. The van der Waals surface area contributed by atoms with E-state index < -0.39 is 115 Å². The largest absolute Gasteiger partial charge is 0.505 e. The fourth-order valence-corrected chi connectivity index (χ4v) is 11.5. The predicted octanol–water partition coefficient (Wildman–Crippen LogP) is 7.48. The van der Waals surface area contributed by atoms with Gasteiger partial charge in [0.2, 0.25) is 5.13 Å². The number of aromatic hydroxyl groups is 1. The predicted molar refractivity (Wildman–Crippen MR) is 265 cm³/mol. The number of thiazole rings is 1. The summed E-state index contributed by atoms with van der Waals surface area (Å²) in [5, 5.41) is 45.8. The van der Waals surface area contributed by atoms with Gasteiger partial charge in [-0.25, -0.2) is 9.67 Å². The number of hydrogen-bond acceptors (Lipinski definition) is 22. The number of nitrogens with one attached hydrogen (secondary N) is 1. The lowest BCUT2D eigenvalue weighted by atomic mass is 10.1. The quantitative estimate of drug-likeness (QED) is 0.0249. The van der Waals surface area contributed by atoms with Crippen LogP contribution in [0.2, 0.25) is 0 Å². The van der Waals surface area contributed by atoms with Crippen LogP contribution in [0.1, 0.15) is 17.5 Å². The van der Waals surface area contributed by atoms with Gasteiger partial charge >= 0.3 is 0 Å². The van der Waals surface area contributed by atoms with Crippen molar-refractivity contribution in [1.29, 1.82) is 0 Å². The molecule has 0 aliphatic heterocycles. The van der Waals surface area contributed by atoms with Gasteiger partial charge in [0.05, 0.1) is 51.7 Å². The van der Waals surface area contributed by atoms with Gasteiger partial charge in [-0.2, -0.15) is 42.1 Å². The number of benzene rings is 6. The van der Waals surface area contributed by atoms with E-state index in [-0.39, 0.29) is 64.4 Å². The van der Waals surface area contributed by atoms with E-state index in [1.54, 1.807) is 25.1 Å². The first-order valence-electron chi connectivity index (χ1n) is 20.6. The highest BCUT2D eigenvalue weighted by Crippen LogP contribution is 2.43. The minimum atomic E-state index is -5.41. The third-order valence-electron chi connectivity index (χ3n) is 10.6. The van der Waals surface area contributed by atoms with Crippen molar-refractivity contribution in [3.8, 4) is 17.2 Å². The minimum absolute atomic E-state index is 0.00641. The molecule has 0 radical (unpaired) electrons. The Morgan fingerprint density at radius 1 is 0.640 bits per heavy atom. The van der Waals surface area contributed by atoms with Gasteiger partial charge in [0.25, 0.3) is 56.1 Å². The smallest absolute Gasteiger partial charge is 0.298 e. The number of aromatic amines is 1. The zero-order valence-electron chi connectivity index (χ0n) is 37.5. The van der Waals surface area contributed by atoms with Crippen LogP contribution in [0.25, 0.3) is 37.4 Å². The van der Waals surface area contributed by atoms with Crippen molar-refractivity contribution in [1.82, 2.24) is 14.8 Å². The van der Waals surface area contributed by atoms with E-state index in [1.807, 2.05) is 0 Å². The highest BCUT2D eigenvalue weighted by Gasteiger charge is 2.27. The number of aryl methyl sites for hydroxylation is 1. The summed E-state index contributed by atoms with van der Waals surface area (Å²) in [5.41, 5.74) is -1.15. The maximum atomic E-state index is 13.6. The SMILES string of the molecule is Cc1cc(N=Nc2ccc3c(S(=O)(=O)O)c(N=Nc4c[nH]n(-c5cc(S(=O)(=O)O)c6cc(S(=O)(=O)O)cc(S(=O)(=O)O)c6c5)c4=O)ccc3c2O)c(OCCCS(=O)(=O)O)cc1N=Nc1nc2ccc(CO)cc2s1. The van der Waals surface area contributed by atoms with Crippen molar-refractivity contribution in [2.75, 3.05) is 12.4 Å². The number of phenolic OH excluding ortho intramolecular Hbond substituents is 1. The minimum Gasteiger partial charge on any atom is -0.505 e. The van der Waals surface area contributed by atoms with Crippen LogP contribution in [-0.2, 0) is 57.2 Å². The highest BCUT2D eigenvalue weighted by molar-refractivity contribution is 7.87. The molecule has 0 aliphatic carbocycles. The first-order chi connectivity index (χ1) is 35.0. The number of nitrogens with zero attached hydrogens (tertiary/aromatic N) is 8. The number of fused-ring (bicyclic) bond motifs is 3. The van der Waals surface area contributed by atoms with Crippen LogP contribution in [0, 0.1) is 6.92 Å². The van der Waals surface area contributed by atoms with Gasteiger partial charge in [-0.3, -0.25) is 32.7 Å². The van der Waals surface area contributed by atoms with Crippen molar-refractivity contribution in [2.24, 2.45) is 30.7 Å². The summed E-state index contributed by atoms with van der Waals surface area (Å²) < 4.78 is 178. The fraction of sp³-hybridized carbons (Fsp3) is 0.122. The van der Waals surface area contributed by atoms with Crippen LogP contribution < -0.4 is 10.3 Å². The average Bonchev–Trinajstić information content (AvgIpc) is 3.91. The highest BCUT2D eigenvalue weighted by atomic mass is 32.2. The molecule has 28 nitrogen and oxygen atoms in total. The van der Waals surface area contributed by atoms with Crippen molar-refractivity contribution < 1.29 is 79.8 Å². The van der Waals surface area contributed by atoms with E-state index in [4.69, 9.17) is 4.74 Å². The zero-order chi connectivity index (χ0) is 54.6. The van der Waals surface area contributed by atoms with Crippen molar-refractivity contribution in [2.45, 2.75) is 39.5 Å². The topological polar surface area (TPSA) is 446 Å². The molecule has 0 bridgehead atoms. The molecule has 0 atom stereocenters. The van der Waals surface area contributed by atoms with Gasteiger partial charge in [-0.1, -0.05) is 23.5 Å². The fourth-order valence-electron chi connectivity index (χ4n) is 7.25. The maximum absolute atomic E-state index is 13.6. The first kappa shape index (κ1) is 53.9. The molecule has 2 aromatic heterocycles. The molecule has 34 heteroatoms. The molecule has 8 N–H and O–H groups in total. The molecule has 6 aromatic carbocycles. The van der Waals surface area contributed by atoms with Crippen molar-refractivity contribution in [3.63, 3.8) is 0 Å². The molecule has 0 unspecified atom stereocenters. The van der Waals surface area contributed by atoms with E-state index in [0.29, 0.717) is 33.5 Å². The van der Waals surface area contributed by atoms with Crippen molar-refractivity contribution >= 4 is 127 Å². The van der Waals surface area contributed by atoms with Gasteiger partial charge in [-0.05, 0) is 85.1 Å². The molecular weight excluding hydrogens is 1110 g/mol. The van der Waals surface area contributed by atoms with E-state index in [0.717, 1.165) is 41.2 Å². The molecule has 0 spiro atoms. The van der Waals surface area contributed by atoms with Crippen molar-refractivity contribution in [3.05, 3.63) is 107 Å². The number of rotatable bonds is 17. The van der Waals surface area contributed by atoms with Crippen LogP contribution >= 0.6 is 11.3 Å². The second-order valence-electron chi connectivity index (χ2n) is 15.8. The van der Waals surface area contributed by atoms with Crippen LogP contribution in [-0.4, -0.2) is 102 Å². The number of aliphatic hydroxyl groups excluding tert-OH is 1. The molecule has 2 heterocycles. The summed E-state index contributed by atoms with van der Waals surface area (Å²) in [6.07, 6.45) is 0.717. The van der Waals surface area contributed by atoms with Crippen LogP contribution in [0.15, 0.2) is 140 Å². The Bertz CT molecular complexity index is 4440.